The summed E-state index contributed by atoms with van der Waals surface area (Å²) >= 11 is 1.23. The number of anilines is 1. The molecule has 1 aromatic heterocycles. The van der Waals surface area contributed by atoms with Crippen molar-refractivity contribution in [2.75, 3.05) is 24.7 Å². The highest BCUT2D eigenvalue weighted by Crippen LogP contribution is 2.13. The van der Waals surface area contributed by atoms with Crippen LogP contribution >= 0.6 is 11.8 Å². The van der Waals surface area contributed by atoms with Gasteiger partial charge in [-0.15, -0.1) is 0 Å². The van der Waals surface area contributed by atoms with Crippen LogP contribution in [0.2, 0.25) is 0 Å². The molecule has 0 saturated carbocycles. The predicted molar refractivity (Wildman–Crippen MR) is 88.7 cm³/mol. The molecule has 0 aliphatic carbocycles. The summed E-state index contributed by atoms with van der Waals surface area (Å²) in [5.41, 5.74) is 2.16. The van der Waals surface area contributed by atoms with Crippen molar-refractivity contribution in [1.82, 2.24) is 5.32 Å². The number of aromatic nitrogens is 1. The predicted octanol–water partition coefficient (Wildman–Crippen LogP) is 1.79. The van der Waals surface area contributed by atoms with Gasteiger partial charge in [-0.25, -0.2) is 0 Å². The van der Waals surface area contributed by atoms with Crippen LogP contribution in [0.1, 0.15) is 5.56 Å². The van der Waals surface area contributed by atoms with Crippen LogP contribution in [-0.4, -0.2) is 25.8 Å². The molecular formula is C16H19N3O2S. The van der Waals surface area contributed by atoms with Gasteiger partial charge in [0.05, 0.1) is 5.75 Å². The average molecular weight is 317 g/mol. The largest absolute Gasteiger partial charge is 0.618 e. The van der Waals surface area contributed by atoms with Gasteiger partial charge in [-0.1, -0.05) is 12.1 Å². The number of rotatable bonds is 6. The molecule has 0 aliphatic rings. The first-order chi connectivity index (χ1) is 10.6. The molecule has 1 N–H and O–H groups in total. The molecular weight excluding hydrogens is 298 g/mol. The molecule has 0 aliphatic heterocycles. The smallest absolute Gasteiger partial charge is 0.251 e. The maximum atomic E-state index is 11.8. The minimum absolute atomic E-state index is 0.0921. The lowest BCUT2D eigenvalue weighted by Crippen LogP contribution is -2.29. The molecule has 0 fully saturated rings. The number of hydrogen-bond acceptors (Lipinski definition) is 4. The molecule has 0 radical (unpaired) electrons. The van der Waals surface area contributed by atoms with Crippen molar-refractivity contribution in [3.05, 3.63) is 59.4 Å². The summed E-state index contributed by atoms with van der Waals surface area (Å²) in [6.45, 7) is 0.485. The minimum atomic E-state index is -0.0921. The highest BCUT2D eigenvalue weighted by atomic mass is 32.2. The number of thioether (sulfide) groups is 1. The Morgan fingerprint density at radius 1 is 1.23 bits per heavy atom. The van der Waals surface area contributed by atoms with Gasteiger partial charge in [0.25, 0.3) is 5.03 Å². The van der Waals surface area contributed by atoms with E-state index in [4.69, 9.17) is 0 Å². The zero-order valence-corrected chi connectivity index (χ0v) is 13.5. The fourth-order valence-electron chi connectivity index (χ4n) is 1.83. The standard InChI is InChI=1S/C16H19N3O2S/c1-18(2)14-8-6-13(7-9-14)11-17-15(20)12-22-16-5-3-4-10-19(16)21/h3-10H,11-12H2,1-2H3,(H,17,20). The van der Waals surface area contributed by atoms with Gasteiger partial charge in [-0.05, 0) is 35.5 Å². The lowest BCUT2D eigenvalue weighted by molar-refractivity contribution is -0.645. The van der Waals surface area contributed by atoms with E-state index in [2.05, 4.69) is 5.32 Å². The SMILES string of the molecule is CN(C)c1ccc(CNC(=O)CSc2cccc[n+]2[O-])cc1. The molecule has 2 rings (SSSR count). The second kappa shape index (κ2) is 7.70. The summed E-state index contributed by atoms with van der Waals surface area (Å²) in [5.74, 6) is 0.132. The highest BCUT2D eigenvalue weighted by molar-refractivity contribution is 7.99. The first kappa shape index (κ1) is 16.2. The maximum absolute atomic E-state index is 11.8. The van der Waals surface area contributed by atoms with Crippen molar-refractivity contribution >= 4 is 23.4 Å². The van der Waals surface area contributed by atoms with Crippen LogP contribution < -0.4 is 14.9 Å². The van der Waals surface area contributed by atoms with Crippen molar-refractivity contribution in [2.24, 2.45) is 0 Å². The van der Waals surface area contributed by atoms with Gasteiger partial charge < -0.3 is 15.4 Å². The van der Waals surface area contributed by atoms with Gasteiger partial charge in [0.2, 0.25) is 5.91 Å². The van der Waals surface area contributed by atoms with Crippen molar-refractivity contribution in [3.8, 4) is 0 Å². The molecule has 0 bridgehead atoms. The summed E-state index contributed by atoms with van der Waals surface area (Å²) in [7, 11) is 3.97. The van der Waals surface area contributed by atoms with Crippen LogP contribution in [0.25, 0.3) is 0 Å². The van der Waals surface area contributed by atoms with Gasteiger partial charge in [-0.2, -0.15) is 4.73 Å². The van der Waals surface area contributed by atoms with Gasteiger partial charge in [-0.3, -0.25) is 4.79 Å². The molecule has 0 spiro atoms. The van der Waals surface area contributed by atoms with E-state index in [1.54, 1.807) is 18.2 Å². The summed E-state index contributed by atoms with van der Waals surface area (Å²) in [6.07, 6.45) is 1.42. The molecule has 116 valence electrons. The zero-order valence-electron chi connectivity index (χ0n) is 12.7. The number of carbonyl (C=O) groups excluding carboxylic acids is 1. The highest BCUT2D eigenvalue weighted by Gasteiger charge is 2.08. The Labute approximate surface area is 134 Å². The third-order valence-corrected chi connectivity index (χ3v) is 4.10. The molecule has 6 heteroatoms. The summed E-state index contributed by atoms with van der Waals surface area (Å²) in [4.78, 5) is 13.8. The third-order valence-electron chi connectivity index (χ3n) is 3.08. The van der Waals surface area contributed by atoms with E-state index in [0.717, 1.165) is 16.0 Å². The molecule has 5 nitrogen and oxygen atoms in total. The lowest BCUT2D eigenvalue weighted by atomic mass is 10.2. The first-order valence-electron chi connectivity index (χ1n) is 6.90. The molecule has 1 heterocycles. The number of carbonyl (C=O) groups is 1. The van der Waals surface area contributed by atoms with E-state index in [0.29, 0.717) is 11.6 Å². The molecule has 22 heavy (non-hydrogen) atoms. The fourth-order valence-corrected chi connectivity index (χ4v) is 2.57. The topological polar surface area (TPSA) is 59.3 Å². The zero-order chi connectivity index (χ0) is 15.9. The molecule has 1 aromatic carbocycles. The number of nitrogens with zero attached hydrogens (tertiary/aromatic N) is 2. The Balaban J connectivity index is 1.79. The van der Waals surface area contributed by atoms with Crippen molar-refractivity contribution in [1.29, 1.82) is 0 Å². The summed E-state index contributed by atoms with van der Waals surface area (Å²) in [5, 5.41) is 14.8. The number of amides is 1. The van der Waals surface area contributed by atoms with Crippen LogP contribution in [0.3, 0.4) is 0 Å². The van der Waals surface area contributed by atoms with E-state index in [1.807, 2.05) is 43.3 Å². The second-order valence-electron chi connectivity index (χ2n) is 4.99. The lowest BCUT2D eigenvalue weighted by Gasteiger charge is -2.12. The minimum Gasteiger partial charge on any atom is -0.618 e. The van der Waals surface area contributed by atoms with Crippen LogP contribution in [0.4, 0.5) is 5.69 Å². The van der Waals surface area contributed by atoms with Gasteiger partial charge in [0, 0.05) is 38.5 Å². The maximum Gasteiger partial charge on any atom is 0.251 e. The van der Waals surface area contributed by atoms with Gasteiger partial charge >= 0.3 is 0 Å². The Morgan fingerprint density at radius 2 is 1.95 bits per heavy atom. The Morgan fingerprint density at radius 3 is 2.59 bits per heavy atom. The van der Waals surface area contributed by atoms with E-state index >= 15 is 0 Å². The fraction of sp³-hybridized carbons (Fsp3) is 0.250. The van der Waals surface area contributed by atoms with Crippen LogP contribution in [0.15, 0.2) is 53.7 Å². The van der Waals surface area contributed by atoms with Crippen molar-refractivity contribution in [2.45, 2.75) is 11.6 Å². The normalized spacial score (nSPS) is 10.3. The number of hydrogen-bond donors (Lipinski definition) is 1. The van der Waals surface area contributed by atoms with Gasteiger partial charge in [0.1, 0.15) is 0 Å². The van der Waals surface area contributed by atoms with E-state index in [1.165, 1.54) is 18.0 Å². The van der Waals surface area contributed by atoms with Crippen molar-refractivity contribution < 1.29 is 9.52 Å². The van der Waals surface area contributed by atoms with Crippen molar-refractivity contribution in [3.63, 3.8) is 0 Å². The molecule has 2 aromatic rings. The quantitative estimate of drug-likeness (QED) is 0.501. The molecule has 1 amide bonds. The number of pyridine rings is 1. The monoisotopic (exact) mass is 317 g/mol. The summed E-state index contributed by atoms with van der Waals surface area (Å²) < 4.78 is 0.762. The van der Waals surface area contributed by atoms with E-state index in [-0.39, 0.29) is 11.7 Å². The van der Waals surface area contributed by atoms with Crippen LogP contribution in [0.5, 0.6) is 0 Å². The molecule has 0 atom stereocenters. The summed E-state index contributed by atoms with van der Waals surface area (Å²) in [6, 6.07) is 13.2. The van der Waals surface area contributed by atoms with E-state index in [9.17, 15) is 10.0 Å². The Bertz CT molecular complexity index is 630. The number of nitrogens with one attached hydrogen (secondary N) is 1. The number of benzene rings is 1. The van der Waals surface area contributed by atoms with Crippen LogP contribution in [-0.2, 0) is 11.3 Å². The molecule has 0 saturated heterocycles. The van der Waals surface area contributed by atoms with Gasteiger partial charge in [0.15, 0.2) is 6.20 Å². The first-order valence-corrected chi connectivity index (χ1v) is 7.89. The Hall–Kier alpha value is -2.21. The molecule has 0 unspecified atom stereocenters. The average Bonchev–Trinajstić information content (AvgIpc) is 2.52. The third kappa shape index (κ3) is 4.66. The Kier molecular flexibility index (Phi) is 5.66. The van der Waals surface area contributed by atoms with E-state index < -0.39 is 0 Å². The second-order valence-corrected chi connectivity index (χ2v) is 5.99. The van der Waals surface area contributed by atoms with Crippen LogP contribution in [0, 0.1) is 5.21 Å².